The SMILES string of the molecule is CC1(C)C=NC=C(OC[C@H]2CCCN2S(=O)(=O)Cc2ccccc2)C1. The predicted octanol–water partition coefficient (Wildman–Crippen LogP) is 3.34. The zero-order valence-electron chi connectivity index (χ0n) is 14.9. The number of aliphatic imine (C=N–C) groups is 1. The summed E-state index contributed by atoms with van der Waals surface area (Å²) >= 11 is 0. The number of ether oxygens (including phenoxy) is 1. The fourth-order valence-corrected chi connectivity index (χ4v) is 5.17. The molecule has 0 bridgehead atoms. The normalized spacial score (nSPS) is 23.4. The third kappa shape index (κ3) is 4.70. The molecule has 2 aliphatic rings. The van der Waals surface area contributed by atoms with Crippen molar-refractivity contribution in [3.8, 4) is 0 Å². The molecule has 6 heteroatoms. The number of rotatable bonds is 6. The van der Waals surface area contributed by atoms with Crippen molar-refractivity contribution >= 4 is 16.2 Å². The van der Waals surface area contributed by atoms with Crippen molar-refractivity contribution in [3.05, 3.63) is 47.9 Å². The Kier molecular flexibility index (Phi) is 5.29. The van der Waals surface area contributed by atoms with Crippen molar-refractivity contribution in [2.45, 2.75) is 44.9 Å². The quantitative estimate of drug-likeness (QED) is 0.780. The Morgan fingerprint density at radius 3 is 2.76 bits per heavy atom. The van der Waals surface area contributed by atoms with Gasteiger partial charge in [-0.15, -0.1) is 0 Å². The molecule has 25 heavy (non-hydrogen) atoms. The first-order valence-electron chi connectivity index (χ1n) is 8.75. The monoisotopic (exact) mass is 362 g/mol. The fourth-order valence-electron chi connectivity index (χ4n) is 3.36. The topological polar surface area (TPSA) is 59.0 Å². The molecule has 5 nitrogen and oxygen atoms in total. The number of hydrogen-bond donors (Lipinski definition) is 0. The van der Waals surface area contributed by atoms with E-state index >= 15 is 0 Å². The van der Waals surface area contributed by atoms with Gasteiger partial charge in [0.05, 0.1) is 18.0 Å². The zero-order valence-corrected chi connectivity index (χ0v) is 15.7. The van der Waals surface area contributed by atoms with Gasteiger partial charge in [-0.2, -0.15) is 4.31 Å². The van der Waals surface area contributed by atoms with Crippen LogP contribution in [0.1, 0.15) is 38.7 Å². The van der Waals surface area contributed by atoms with Crippen LogP contribution in [-0.2, 0) is 20.5 Å². The Morgan fingerprint density at radius 2 is 2.04 bits per heavy atom. The molecule has 1 aromatic rings. The Balaban J connectivity index is 1.62. The lowest BCUT2D eigenvalue weighted by Crippen LogP contribution is -2.39. The summed E-state index contributed by atoms with van der Waals surface area (Å²) in [5.41, 5.74) is 0.805. The van der Waals surface area contributed by atoms with E-state index in [1.54, 1.807) is 10.5 Å². The van der Waals surface area contributed by atoms with Crippen LogP contribution in [0.25, 0.3) is 0 Å². The second-order valence-electron chi connectivity index (χ2n) is 7.50. The molecule has 1 atom stereocenters. The van der Waals surface area contributed by atoms with Gasteiger partial charge in [-0.1, -0.05) is 44.2 Å². The van der Waals surface area contributed by atoms with Crippen molar-refractivity contribution < 1.29 is 13.2 Å². The van der Waals surface area contributed by atoms with E-state index < -0.39 is 10.0 Å². The summed E-state index contributed by atoms with van der Waals surface area (Å²) in [5.74, 6) is 0.879. The molecule has 136 valence electrons. The Labute approximate surface area is 150 Å². The average Bonchev–Trinajstić information content (AvgIpc) is 3.02. The maximum Gasteiger partial charge on any atom is 0.218 e. The molecule has 0 unspecified atom stereocenters. The molecule has 1 fully saturated rings. The Bertz CT molecular complexity index is 754. The van der Waals surface area contributed by atoms with Gasteiger partial charge in [0.15, 0.2) is 0 Å². The van der Waals surface area contributed by atoms with E-state index in [9.17, 15) is 8.42 Å². The van der Waals surface area contributed by atoms with Gasteiger partial charge in [0.1, 0.15) is 12.4 Å². The molecule has 3 rings (SSSR count). The lowest BCUT2D eigenvalue weighted by atomic mass is 9.89. The van der Waals surface area contributed by atoms with Crippen LogP contribution < -0.4 is 0 Å². The summed E-state index contributed by atoms with van der Waals surface area (Å²) < 4.78 is 33.1. The molecular formula is C19H26N2O3S. The van der Waals surface area contributed by atoms with E-state index in [-0.39, 0.29) is 17.2 Å². The molecule has 0 spiro atoms. The van der Waals surface area contributed by atoms with E-state index in [2.05, 4.69) is 18.8 Å². The molecule has 1 aromatic carbocycles. The van der Waals surface area contributed by atoms with Crippen LogP contribution in [0.5, 0.6) is 0 Å². The van der Waals surface area contributed by atoms with Crippen molar-refractivity contribution in [2.75, 3.05) is 13.2 Å². The minimum Gasteiger partial charge on any atom is -0.495 e. The van der Waals surface area contributed by atoms with Gasteiger partial charge in [-0.05, 0) is 18.4 Å². The molecule has 0 amide bonds. The van der Waals surface area contributed by atoms with Crippen molar-refractivity contribution in [1.29, 1.82) is 0 Å². The summed E-state index contributed by atoms with van der Waals surface area (Å²) in [5, 5.41) is 0. The zero-order chi connectivity index (χ0) is 17.9. The summed E-state index contributed by atoms with van der Waals surface area (Å²) in [6.07, 6.45) is 6.17. The van der Waals surface area contributed by atoms with Gasteiger partial charge in [-0.3, -0.25) is 4.99 Å². The van der Waals surface area contributed by atoms with E-state index in [4.69, 9.17) is 4.74 Å². The average molecular weight is 362 g/mol. The highest BCUT2D eigenvalue weighted by Gasteiger charge is 2.35. The van der Waals surface area contributed by atoms with Gasteiger partial charge in [0.2, 0.25) is 10.0 Å². The van der Waals surface area contributed by atoms with Crippen LogP contribution in [-0.4, -0.2) is 38.1 Å². The first-order chi connectivity index (χ1) is 11.9. The highest BCUT2D eigenvalue weighted by Crippen LogP contribution is 2.29. The van der Waals surface area contributed by atoms with Gasteiger partial charge < -0.3 is 4.74 Å². The van der Waals surface area contributed by atoms with Crippen LogP contribution in [0.2, 0.25) is 0 Å². The number of sulfonamides is 1. The van der Waals surface area contributed by atoms with Gasteiger partial charge in [0, 0.05) is 24.6 Å². The molecule has 2 heterocycles. The van der Waals surface area contributed by atoms with E-state index in [0.717, 1.165) is 30.6 Å². The standard InChI is InChI=1S/C19H26N2O3S/c1-19(2)11-18(12-20-15-19)24-13-17-9-6-10-21(17)25(22,23)14-16-7-4-3-5-8-16/h3-5,7-8,12,15,17H,6,9-11,13-14H2,1-2H3/t17-/m1/s1. The predicted molar refractivity (Wildman–Crippen MR) is 99.7 cm³/mol. The number of allylic oxidation sites excluding steroid dienone is 1. The van der Waals surface area contributed by atoms with E-state index in [0.29, 0.717) is 13.2 Å². The summed E-state index contributed by atoms with van der Waals surface area (Å²) in [4.78, 5) is 4.24. The second-order valence-corrected chi connectivity index (χ2v) is 9.42. The van der Waals surface area contributed by atoms with Crippen LogP contribution in [0.4, 0.5) is 0 Å². The third-order valence-electron chi connectivity index (χ3n) is 4.61. The largest absolute Gasteiger partial charge is 0.495 e. The maximum absolute atomic E-state index is 12.8. The first kappa shape index (κ1) is 18.1. The van der Waals surface area contributed by atoms with Crippen LogP contribution in [0.3, 0.4) is 0 Å². The number of benzene rings is 1. The summed E-state index contributed by atoms with van der Waals surface area (Å²) in [6.45, 7) is 5.19. The third-order valence-corrected chi connectivity index (χ3v) is 6.50. The molecule has 0 aliphatic carbocycles. The molecule has 0 aromatic heterocycles. The number of hydrogen-bond acceptors (Lipinski definition) is 4. The van der Waals surface area contributed by atoms with Gasteiger partial charge in [0.25, 0.3) is 0 Å². The van der Waals surface area contributed by atoms with Gasteiger partial charge >= 0.3 is 0 Å². The first-order valence-corrected chi connectivity index (χ1v) is 10.4. The second kappa shape index (κ2) is 7.30. The molecule has 0 radical (unpaired) electrons. The summed E-state index contributed by atoms with van der Waals surface area (Å²) in [6, 6.07) is 9.24. The van der Waals surface area contributed by atoms with E-state index in [1.807, 2.05) is 36.5 Å². The highest BCUT2D eigenvalue weighted by atomic mass is 32.2. The molecule has 0 saturated carbocycles. The van der Waals surface area contributed by atoms with Crippen LogP contribution in [0, 0.1) is 5.41 Å². The van der Waals surface area contributed by atoms with Crippen molar-refractivity contribution in [1.82, 2.24) is 4.31 Å². The molecule has 2 aliphatic heterocycles. The minimum atomic E-state index is -3.33. The highest BCUT2D eigenvalue weighted by molar-refractivity contribution is 7.88. The van der Waals surface area contributed by atoms with Crippen molar-refractivity contribution in [2.24, 2.45) is 10.4 Å². The summed E-state index contributed by atoms with van der Waals surface area (Å²) in [7, 11) is -3.33. The Morgan fingerprint density at radius 1 is 1.28 bits per heavy atom. The molecule has 1 saturated heterocycles. The Hall–Kier alpha value is -1.66. The van der Waals surface area contributed by atoms with Crippen LogP contribution in [0.15, 0.2) is 47.3 Å². The van der Waals surface area contributed by atoms with Crippen LogP contribution >= 0.6 is 0 Å². The lowest BCUT2D eigenvalue weighted by Gasteiger charge is -2.27. The van der Waals surface area contributed by atoms with E-state index in [1.165, 1.54) is 0 Å². The van der Waals surface area contributed by atoms with Gasteiger partial charge in [-0.25, -0.2) is 8.42 Å². The smallest absolute Gasteiger partial charge is 0.218 e. The minimum absolute atomic E-state index is 0.0150. The fraction of sp³-hybridized carbons (Fsp3) is 0.526. The lowest BCUT2D eigenvalue weighted by molar-refractivity contribution is 0.143. The van der Waals surface area contributed by atoms with Crippen molar-refractivity contribution in [3.63, 3.8) is 0 Å². The maximum atomic E-state index is 12.8. The molecule has 0 N–H and O–H groups in total. The molecular weight excluding hydrogens is 336 g/mol. The number of nitrogens with zero attached hydrogens (tertiary/aromatic N) is 2.